The van der Waals surface area contributed by atoms with Crippen LogP contribution in [0, 0.1) is 0 Å². The van der Waals surface area contributed by atoms with Gasteiger partial charge in [0.05, 0.1) is 0 Å². The minimum Gasteiger partial charge on any atom is -0.415 e. The minimum absolute atomic E-state index is 0.942. The largest absolute Gasteiger partial charge is 0.415 e. The Morgan fingerprint density at radius 1 is 0.600 bits per heavy atom. The van der Waals surface area contributed by atoms with Gasteiger partial charge in [-0.25, -0.2) is 0 Å². The van der Waals surface area contributed by atoms with E-state index in [0.29, 0.717) is 0 Å². The maximum Gasteiger partial charge on any atom is 0.156 e. The van der Waals surface area contributed by atoms with Gasteiger partial charge in [0.15, 0.2) is 18.3 Å². The summed E-state index contributed by atoms with van der Waals surface area (Å²) in [6.07, 6.45) is 11.7. The molecule has 3 heterocycles. The van der Waals surface area contributed by atoms with Crippen LogP contribution in [0.1, 0.15) is 38.5 Å². The number of hydrogen-bond acceptors (Lipinski definition) is 0. The number of rotatable bonds is 0. The summed E-state index contributed by atoms with van der Waals surface area (Å²) in [5.74, 6) is 0. The zero-order valence-corrected chi connectivity index (χ0v) is 6.38. The number of hydrogen-bond donors (Lipinski definition) is 0. The van der Waals surface area contributed by atoms with Gasteiger partial charge >= 0.3 is 0 Å². The van der Waals surface area contributed by atoms with Gasteiger partial charge in [-0.1, -0.05) is 0 Å². The third-order valence-corrected chi connectivity index (χ3v) is 3.59. The molecule has 3 rings (SSSR count). The van der Waals surface area contributed by atoms with Crippen molar-refractivity contribution in [3.8, 4) is 0 Å². The standard InChI is InChI=1S/C9H15O/c1-2-8-5-6-9-4-3-7(1)10(8)9/h7-9H,1-6H2/q+1. The van der Waals surface area contributed by atoms with Crippen molar-refractivity contribution in [2.24, 2.45) is 0 Å². The second-order valence-electron chi connectivity index (χ2n) is 4.01. The molecule has 0 spiro atoms. The Balaban J connectivity index is 1.94. The zero-order valence-electron chi connectivity index (χ0n) is 6.38. The lowest BCUT2D eigenvalue weighted by molar-refractivity contribution is -0.180. The fourth-order valence-corrected chi connectivity index (χ4v) is 3.18. The Hall–Kier alpha value is -0.0400. The van der Waals surface area contributed by atoms with Crippen LogP contribution in [0.4, 0.5) is 0 Å². The fourth-order valence-electron chi connectivity index (χ4n) is 3.18. The fraction of sp³-hybridized carbons (Fsp3) is 1.00. The highest BCUT2D eigenvalue weighted by molar-refractivity contribution is 4.93. The van der Waals surface area contributed by atoms with Crippen molar-refractivity contribution in [2.75, 3.05) is 0 Å². The van der Waals surface area contributed by atoms with Gasteiger partial charge in [0.2, 0.25) is 0 Å². The van der Waals surface area contributed by atoms with Crippen molar-refractivity contribution < 1.29 is 4.37 Å². The summed E-state index contributed by atoms with van der Waals surface area (Å²) in [5.41, 5.74) is 0. The highest BCUT2D eigenvalue weighted by atomic mass is 16.7. The Bertz CT molecular complexity index is 114. The van der Waals surface area contributed by atoms with Gasteiger partial charge in [-0.05, 0) is 0 Å². The molecular weight excluding hydrogens is 124 g/mol. The lowest BCUT2D eigenvalue weighted by Crippen LogP contribution is -2.20. The second-order valence-corrected chi connectivity index (χ2v) is 4.01. The summed E-state index contributed by atoms with van der Waals surface area (Å²) in [5, 5.41) is 0. The Morgan fingerprint density at radius 2 is 0.900 bits per heavy atom. The third kappa shape index (κ3) is 0.531. The normalized spacial score (nSPS) is 52.2. The summed E-state index contributed by atoms with van der Waals surface area (Å²) in [6, 6.07) is 0. The third-order valence-electron chi connectivity index (χ3n) is 3.59. The molecule has 3 fully saturated rings. The van der Waals surface area contributed by atoms with Crippen LogP contribution in [0.15, 0.2) is 0 Å². The van der Waals surface area contributed by atoms with Gasteiger partial charge < -0.3 is 4.37 Å². The lowest BCUT2D eigenvalue weighted by Gasteiger charge is -2.17. The molecule has 56 valence electrons. The van der Waals surface area contributed by atoms with Gasteiger partial charge in [0.1, 0.15) is 0 Å². The molecule has 3 saturated heterocycles. The molecule has 0 saturated carbocycles. The monoisotopic (exact) mass is 139 g/mol. The molecule has 0 amide bonds. The topological polar surface area (TPSA) is 2.70 Å². The molecule has 10 heavy (non-hydrogen) atoms. The summed E-state index contributed by atoms with van der Waals surface area (Å²) in [7, 11) is 0. The summed E-state index contributed by atoms with van der Waals surface area (Å²) >= 11 is 0. The first-order valence-electron chi connectivity index (χ1n) is 4.66. The molecule has 0 unspecified atom stereocenters. The van der Waals surface area contributed by atoms with E-state index in [4.69, 9.17) is 0 Å². The van der Waals surface area contributed by atoms with Crippen LogP contribution in [0.2, 0.25) is 0 Å². The quantitative estimate of drug-likeness (QED) is 0.452. The summed E-state index contributed by atoms with van der Waals surface area (Å²) in [6.45, 7) is 0. The predicted octanol–water partition coefficient (Wildman–Crippen LogP) is 2.03. The zero-order chi connectivity index (χ0) is 6.55. The molecular formula is C9H15O+. The van der Waals surface area contributed by atoms with E-state index in [1.807, 2.05) is 0 Å². The average molecular weight is 139 g/mol. The van der Waals surface area contributed by atoms with Gasteiger partial charge in [-0.3, -0.25) is 0 Å². The molecule has 0 N–H and O–H groups in total. The van der Waals surface area contributed by atoms with Crippen LogP contribution in [0.3, 0.4) is 0 Å². The molecule has 3 aliphatic heterocycles. The van der Waals surface area contributed by atoms with Crippen LogP contribution in [0.5, 0.6) is 0 Å². The highest BCUT2D eigenvalue weighted by Gasteiger charge is 2.53. The van der Waals surface area contributed by atoms with E-state index in [1.54, 1.807) is 0 Å². The van der Waals surface area contributed by atoms with Gasteiger partial charge in [0.25, 0.3) is 0 Å². The van der Waals surface area contributed by atoms with Crippen LogP contribution in [0.25, 0.3) is 0 Å². The van der Waals surface area contributed by atoms with Crippen molar-refractivity contribution >= 4 is 0 Å². The van der Waals surface area contributed by atoms with Gasteiger partial charge in [0, 0.05) is 38.5 Å². The molecule has 0 atom stereocenters. The Kier molecular flexibility index (Phi) is 0.984. The molecule has 1 nitrogen and oxygen atoms in total. The van der Waals surface area contributed by atoms with Crippen LogP contribution in [-0.4, -0.2) is 18.3 Å². The molecule has 3 aliphatic rings. The molecule has 0 bridgehead atoms. The average Bonchev–Trinajstić information content (AvgIpc) is 2.56. The smallest absolute Gasteiger partial charge is 0.156 e. The Morgan fingerprint density at radius 3 is 1.20 bits per heavy atom. The molecule has 0 aromatic heterocycles. The van der Waals surface area contributed by atoms with Crippen molar-refractivity contribution in [2.45, 2.75) is 56.8 Å². The van der Waals surface area contributed by atoms with Gasteiger partial charge in [-0.15, -0.1) is 0 Å². The van der Waals surface area contributed by atoms with E-state index in [1.165, 1.54) is 38.5 Å². The molecule has 0 radical (unpaired) electrons. The maximum atomic E-state index is 3.64. The van der Waals surface area contributed by atoms with Crippen molar-refractivity contribution in [1.82, 2.24) is 0 Å². The van der Waals surface area contributed by atoms with Crippen LogP contribution >= 0.6 is 0 Å². The van der Waals surface area contributed by atoms with E-state index < -0.39 is 0 Å². The SMILES string of the molecule is C1CC2CCC3CCC1[O+]23. The molecule has 0 aliphatic carbocycles. The predicted molar refractivity (Wildman–Crippen MR) is 40.2 cm³/mol. The van der Waals surface area contributed by atoms with E-state index in [0.717, 1.165) is 18.3 Å². The minimum atomic E-state index is 0.942. The first-order valence-corrected chi connectivity index (χ1v) is 4.66. The molecule has 0 aromatic carbocycles. The molecule has 1 heteroatoms. The molecule has 0 aromatic rings. The summed E-state index contributed by atoms with van der Waals surface area (Å²) < 4.78 is 3.64. The van der Waals surface area contributed by atoms with E-state index in [-0.39, 0.29) is 0 Å². The van der Waals surface area contributed by atoms with Crippen LogP contribution < -0.4 is 0 Å². The van der Waals surface area contributed by atoms with Gasteiger partial charge in [-0.2, -0.15) is 0 Å². The first kappa shape index (κ1) is 5.59. The highest BCUT2D eigenvalue weighted by Crippen LogP contribution is 2.48. The maximum absolute atomic E-state index is 3.64. The van der Waals surface area contributed by atoms with Crippen LogP contribution in [-0.2, 0) is 4.37 Å². The second kappa shape index (κ2) is 1.76. The van der Waals surface area contributed by atoms with E-state index >= 15 is 0 Å². The van der Waals surface area contributed by atoms with E-state index in [9.17, 15) is 0 Å². The first-order chi connectivity index (χ1) is 4.95. The lowest BCUT2D eigenvalue weighted by atomic mass is 10.1. The van der Waals surface area contributed by atoms with Crippen molar-refractivity contribution in [3.63, 3.8) is 0 Å². The van der Waals surface area contributed by atoms with Crippen molar-refractivity contribution in [3.05, 3.63) is 0 Å². The Labute approximate surface area is 62.1 Å². The summed E-state index contributed by atoms with van der Waals surface area (Å²) in [4.78, 5) is 0. The van der Waals surface area contributed by atoms with Crippen molar-refractivity contribution in [1.29, 1.82) is 0 Å². The van der Waals surface area contributed by atoms with E-state index in [2.05, 4.69) is 4.37 Å².